The normalized spacial score (nSPS) is 12.6. The number of rotatable bonds is 4. The fourth-order valence-corrected chi connectivity index (χ4v) is 1.81. The molecule has 0 bridgehead atoms. The first-order chi connectivity index (χ1) is 7.10. The Kier molecular flexibility index (Phi) is 4.39. The Morgan fingerprint density at radius 3 is 2.73 bits per heavy atom. The summed E-state index contributed by atoms with van der Waals surface area (Å²) >= 11 is 5.97. The second kappa shape index (κ2) is 5.35. The summed E-state index contributed by atoms with van der Waals surface area (Å²) in [5.41, 5.74) is 7.90. The van der Waals surface area contributed by atoms with Crippen LogP contribution in [0.3, 0.4) is 0 Å². The van der Waals surface area contributed by atoms with Crippen LogP contribution in [0, 0.1) is 6.92 Å². The van der Waals surface area contributed by atoms with Gasteiger partial charge in [0.05, 0.1) is 12.1 Å². The van der Waals surface area contributed by atoms with Gasteiger partial charge in [0.15, 0.2) is 0 Å². The van der Waals surface area contributed by atoms with E-state index in [0.29, 0.717) is 17.2 Å². The van der Waals surface area contributed by atoms with Crippen molar-refractivity contribution in [2.24, 2.45) is 5.73 Å². The van der Waals surface area contributed by atoms with E-state index in [-0.39, 0.29) is 12.6 Å². The van der Waals surface area contributed by atoms with Crippen molar-refractivity contribution < 1.29 is 9.84 Å². The van der Waals surface area contributed by atoms with Gasteiger partial charge in [-0.05, 0) is 36.6 Å². The van der Waals surface area contributed by atoms with E-state index < -0.39 is 0 Å². The Morgan fingerprint density at radius 2 is 2.20 bits per heavy atom. The van der Waals surface area contributed by atoms with Crippen LogP contribution in [0.2, 0.25) is 5.02 Å². The molecule has 1 rings (SSSR count). The molecule has 0 saturated carbocycles. The minimum Gasteiger partial charge on any atom is -0.495 e. The summed E-state index contributed by atoms with van der Waals surface area (Å²) in [4.78, 5) is 0. The van der Waals surface area contributed by atoms with Gasteiger partial charge in [0.25, 0.3) is 0 Å². The molecular weight excluding hydrogens is 214 g/mol. The van der Waals surface area contributed by atoms with Crippen LogP contribution in [0.15, 0.2) is 12.1 Å². The average Bonchev–Trinajstić information content (AvgIpc) is 2.18. The minimum atomic E-state index is -0.179. The number of aliphatic hydroxyl groups is 1. The summed E-state index contributed by atoms with van der Waals surface area (Å²) < 4.78 is 5.12. The SMILES string of the molecule is COc1cc(C(N)CCO)c(C)cc1Cl. The minimum absolute atomic E-state index is 0.0749. The Hall–Kier alpha value is -0.770. The molecule has 0 spiro atoms. The molecule has 1 unspecified atom stereocenters. The van der Waals surface area contributed by atoms with Crippen molar-refractivity contribution in [2.45, 2.75) is 19.4 Å². The van der Waals surface area contributed by atoms with Crippen LogP contribution in [0.1, 0.15) is 23.6 Å². The van der Waals surface area contributed by atoms with E-state index >= 15 is 0 Å². The molecule has 15 heavy (non-hydrogen) atoms. The molecule has 1 aromatic rings. The summed E-state index contributed by atoms with van der Waals surface area (Å²) in [6, 6.07) is 3.48. The van der Waals surface area contributed by atoms with Crippen LogP contribution >= 0.6 is 11.6 Å². The predicted octanol–water partition coefficient (Wildman–Crippen LogP) is 2.04. The van der Waals surface area contributed by atoms with Gasteiger partial charge in [-0.1, -0.05) is 11.6 Å². The maximum atomic E-state index is 8.83. The maximum Gasteiger partial charge on any atom is 0.137 e. The van der Waals surface area contributed by atoms with Crippen LogP contribution in [0.25, 0.3) is 0 Å². The van der Waals surface area contributed by atoms with Gasteiger partial charge in [-0.2, -0.15) is 0 Å². The standard InChI is InChI=1S/C11H16ClNO2/c1-7-5-9(12)11(15-2)6-8(7)10(13)3-4-14/h5-6,10,14H,3-4,13H2,1-2H3. The molecule has 0 fully saturated rings. The van der Waals surface area contributed by atoms with Crippen LogP contribution in [-0.4, -0.2) is 18.8 Å². The van der Waals surface area contributed by atoms with E-state index in [1.807, 2.05) is 19.1 Å². The van der Waals surface area contributed by atoms with Gasteiger partial charge in [-0.15, -0.1) is 0 Å². The van der Waals surface area contributed by atoms with Crippen LogP contribution in [0.4, 0.5) is 0 Å². The van der Waals surface area contributed by atoms with Crippen molar-refractivity contribution >= 4 is 11.6 Å². The van der Waals surface area contributed by atoms with Crippen molar-refractivity contribution in [2.75, 3.05) is 13.7 Å². The number of nitrogens with two attached hydrogens (primary N) is 1. The molecule has 0 aromatic heterocycles. The highest BCUT2D eigenvalue weighted by molar-refractivity contribution is 6.32. The lowest BCUT2D eigenvalue weighted by Gasteiger charge is -2.15. The number of aryl methyl sites for hydroxylation is 1. The van der Waals surface area contributed by atoms with Crippen molar-refractivity contribution in [1.82, 2.24) is 0 Å². The number of benzene rings is 1. The van der Waals surface area contributed by atoms with Crippen molar-refractivity contribution in [3.8, 4) is 5.75 Å². The van der Waals surface area contributed by atoms with E-state index in [2.05, 4.69) is 0 Å². The number of methoxy groups -OCH3 is 1. The first-order valence-electron chi connectivity index (χ1n) is 4.80. The zero-order chi connectivity index (χ0) is 11.4. The van der Waals surface area contributed by atoms with Gasteiger partial charge in [-0.3, -0.25) is 0 Å². The highest BCUT2D eigenvalue weighted by atomic mass is 35.5. The highest BCUT2D eigenvalue weighted by Crippen LogP contribution is 2.30. The molecular formula is C11H16ClNO2. The quantitative estimate of drug-likeness (QED) is 0.831. The zero-order valence-corrected chi connectivity index (χ0v) is 9.71. The van der Waals surface area contributed by atoms with Gasteiger partial charge in [-0.25, -0.2) is 0 Å². The van der Waals surface area contributed by atoms with Crippen LogP contribution in [-0.2, 0) is 0 Å². The van der Waals surface area contributed by atoms with Gasteiger partial charge in [0, 0.05) is 12.6 Å². The van der Waals surface area contributed by atoms with E-state index in [0.717, 1.165) is 11.1 Å². The molecule has 1 aromatic carbocycles. The summed E-state index contributed by atoms with van der Waals surface area (Å²) in [7, 11) is 1.57. The molecule has 3 nitrogen and oxygen atoms in total. The molecule has 1 atom stereocenters. The lowest BCUT2D eigenvalue weighted by molar-refractivity contribution is 0.276. The highest BCUT2D eigenvalue weighted by Gasteiger charge is 2.12. The topological polar surface area (TPSA) is 55.5 Å². The van der Waals surface area contributed by atoms with E-state index in [1.165, 1.54) is 0 Å². The molecule has 4 heteroatoms. The summed E-state index contributed by atoms with van der Waals surface area (Å²) in [6.07, 6.45) is 0.533. The van der Waals surface area contributed by atoms with Gasteiger partial charge in [0.1, 0.15) is 5.75 Å². The molecule has 3 N–H and O–H groups in total. The Balaban J connectivity index is 3.06. The molecule has 0 heterocycles. The summed E-state index contributed by atoms with van der Waals surface area (Å²) in [5, 5.41) is 9.41. The average molecular weight is 230 g/mol. The first-order valence-corrected chi connectivity index (χ1v) is 5.18. The lowest BCUT2D eigenvalue weighted by Crippen LogP contribution is -2.13. The maximum absolute atomic E-state index is 8.83. The monoisotopic (exact) mass is 229 g/mol. The lowest BCUT2D eigenvalue weighted by atomic mass is 9.99. The molecule has 0 radical (unpaired) electrons. The van der Waals surface area contributed by atoms with Crippen molar-refractivity contribution in [3.63, 3.8) is 0 Å². The number of halogens is 1. The Bertz CT molecular complexity index is 342. The van der Waals surface area contributed by atoms with E-state index in [9.17, 15) is 0 Å². The Labute approximate surface area is 94.8 Å². The second-order valence-electron chi connectivity index (χ2n) is 3.46. The fraction of sp³-hybridized carbons (Fsp3) is 0.455. The second-order valence-corrected chi connectivity index (χ2v) is 3.87. The van der Waals surface area contributed by atoms with Crippen LogP contribution in [0.5, 0.6) is 5.75 Å². The predicted molar refractivity (Wildman–Crippen MR) is 61.4 cm³/mol. The van der Waals surface area contributed by atoms with Gasteiger partial charge < -0.3 is 15.6 Å². The largest absolute Gasteiger partial charge is 0.495 e. The molecule has 0 amide bonds. The van der Waals surface area contributed by atoms with Crippen LogP contribution < -0.4 is 10.5 Å². The molecule has 0 aliphatic carbocycles. The number of hydrogen-bond acceptors (Lipinski definition) is 3. The molecule has 0 aliphatic rings. The molecule has 0 saturated heterocycles. The third-order valence-electron chi connectivity index (χ3n) is 2.38. The fourth-order valence-electron chi connectivity index (χ4n) is 1.52. The smallest absolute Gasteiger partial charge is 0.137 e. The van der Waals surface area contributed by atoms with Gasteiger partial charge >= 0.3 is 0 Å². The van der Waals surface area contributed by atoms with E-state index in [1.54, 1.807) is 7.11 Å². The molecule has 0 aliphatic heterocycles. The Morgan fingerprint density at radius 1 is 1.53 bits per heavy atom. The molecule has 84 valence electrons. The third kappa shape index (κ3) is 2.84. The summed E-state index contributed by atoms with van der Waals surface area (Å²) in [5.74, 6) is 0.616. The number of aliphatic hydroxyl groups excluding tert-OH is 1. The zero-order valence-electron chi connectivity index (χ0n) is 8.96. The number of ether oxygens (including phenoxy) is 1. The van der Waals surface area contributed by atoms with Crippen molar-refractivity contribution in [1.29, 1.82) is 0 Å². The third-order valence-corrected chi connectivity index (χ3v) is 2.68. The van der Waals surface area contributed by atoms with Crippen molar-refractivity contribution in [3.05, 3.63) is 28.3 Å². The van der Waals surface area contributed by atoms with Gasteiger partial charge in [0.2, 0.25) is 0 Å². The summed E-state index contributed by atoms with van der Waals surface area (Å²) in [6.45, 7) is 2.02. The first kappa shape index (κ1) is 12.3. The van der Waals surface area contributed by atoms with E-state index in [4.69, 9.17) is 27.2 Å². The number of hydrogen-bond donors (Lipinski definition) is 2.